The molecule has 3 N–H and O–H groups in total. The number of nitrogens with one attached hydrogen (secondary N) is 3. The average molecular weight is 488 g/mol. The Labute approximate surface area is 199 Å². The van der Waals surface area contributed by atoms with E-state index >= 15 is 0 Å². The predicted octanol–water partition coefficient (Wildman–Crippen LogP) is 3.20. The highest BCUT2D eigenvalue weighted by Gasteiger charge is 2.18. The van der Waals surface area contributed by atoms with Gasteiger partial charge < -0.3 is 20.7 Å². The van der Waals surface area contributed by atoms with Crippen LogP contribution in [0.3, 0.4) is 0 Å². The van der Waals surface area contributed by atoms with E-state index in [0.717, 1.165) is 21.2 Å². The zero-order chi connectivity index (χ0) is 24.0. The third-order valence-electron chi connectivity index (χ3n) is 4.82. The smallest absolute Gasteiger partial charge is 0.325 e. The fourth-order valence-electron chi connectivity index (χ4n) is 2.90. The molecule has 172 valence electrons. The third kappa shape index (κ3) is 6.30. The van der Waals surface area contributed by atoms with Crippen molar-refractivity contribution in [2.24, 2.45) is 0 Å². The van der Waals surface area contributed by atoms with E-state index in [4.69, 9.17) is 16.3 Å². The summed E-state index contributed by atoms with van der Waals surface area (Å²) < 4.78 is 5.69. The van der Waals surface area contributed by atoms with Crippen LogP contribution in [0.5, 0.6) is 0 Å². The normalized spacial score (nSPS) is 10.5. The van der Waals surface area contributed by atoms with E-state index in [2.05, 4.69) is 16.0 Å². The van der Waals surface area contributed by atoms with Gasteiger partial charge in [-0.3, -0.25) is 19.2 Å². The van der Waals surface area contributed by atoms with Crippen LogP contribution in [-0.4, -0.2) is 43.4 Å². The van der Waals surface area contributed by atoms with E-state index in [-0.39, 0.29) is 6.54 Å². The van der Waals surface area contributed by atoms with Crippen molar-refractivity contribution in [1.82, 2.24) is 10.6 Å². The summed E-state index contributed by atoms with van der Waals surface area (Å²) in [6.07, 6.45) is 0. The second kappa shape index (κ2) is 10.9. The van der Waals surface area contributed by atoms with Crippen molar-refractivity contribution in [1.29, 1.82) is 0 Å². The maximum absolute atomic E-state index is 12.3. The minimum absolute atomic E-state index is 0.273. The summed E-state index contributed by atoms with van der Waals surface area (Å²) >= 11 is 7.46. The standard InChI is InChI=1S/C23H22ClN3O5S/c1-13-6-5-8-16(14(13)2)27-18(28)10-25-19(29)12-32-20(30)11-26-23(31)22-21(24)15-7-3-4-9-17(15)33-22/h3-9H,10-12H2,1-2H3,(H,25,29)(H,26,31)(H,27,28). The molecule has 8 nitrogen and oxygen atoms in total. The van der Waals surface area contributed by atoms with E-state index in [1.807, 2.05) is 44.2 Å². The van der Waals surface area contributed by atoms with E-state index in [9.17, 15) is 19.2 Å². The summed E-state index contributed by atoms with van der Waals surface area (Å²) in [5, 5.41) is 8.60. The minimum atomic E-state index is -0.796. The number of ether oxygens (including phenoxy) is 1. The molecule has 33 heavy (non-hydrogen) atoms. The van der Waals surface area contributed by atoms with Gasteiger partial charge in [-0.2, -0.15) is 0 Å². The minimum Gasteiger partial charge on any atom is -0.454 e. The van der Waals surface area contributed by atoms with Gasteiger partial charge in [-0.25, -0.2) is 0 Å². The molecule has 0 spiro atoms. The number of halogens is 1. The summed E-state index contributed by atoms with van der Waals surface area (Å²) in [5.74, 6) is -2.35. The van der Waals surface area contributed by atoms with Crippen LogP contribution in [0.25, 0.3) is 10.1 Å². The number of aryl methyl sites for hydroxylation is 1. The predicted molar refractivity (Wildman–Crippen MR) is 128 cm³/mol. The lowest BCUT2D eigenvalue weighted by atomic mass is 10.1. The second-order valence-corrected chi connectivity index (χ2v) is 8.59. The van der Waals surface area contributed by atoms with Crippen LogP contribution in [0, 0.1) is 13.8 Å². The van der Waals surface area contributed by atoms with Gasteiger partial charge in [0.05, 0.1) is 11.6 Å². The van der Waals surface area contributed by atoms with Crippen molar-refractivity contribution < 1.29 is 23.9 Å². The largest absolute Gasteiger partial charge is 0.454 e. The molecular formula is C23H22ClN3O5S. The lowest BCUT2D eigenvalue weighted by Crippen LogP contribution is -2.37. The molecule has 0 fully saturated rings. The van der Waals surface area contributed by atoms with E-state index in [0.29, 0.717) is 15.6 Å². The molecule has 1 heterocycles. The Morgan fingerprint density at radius 3 is 2.45 bits per heavy atom. The Hall–Kier alpha value is -3.43. The zero-order valence-electron chi connectivity index (χ0n) is 18.0. The van der Waals surface area contributed by atoms with E-state index < -0.39 is 36.8 Å². The summed E-state index contributed by atoms with van der Waals surface area (Å²) in [7, 11) is 0. The van der Waals surface area contributed by atoms with Crippen LogP contribution < -0.4 is 16.0 Å². The molecule has 2 aromatic carbocycles. The zero-order valence-corrected chi connectivity index (χ0v) is 19.6. The first-order valence-electron chi connectivity index (χ1n) is 10.00. The quantitative estimate of drug-likeness (QED) is 0.422. The van der Waals surface area contributed by atoms with Gasteiger partial charge in [-0.05, 0) is 37.1 Å². The highest BCUT2D eigenvalue weighted by molar-refractivity contribution is 7.21. The molecule has 0 aliphatic rings. The van der Waals surface area contributed by atoms with Gasteiger partial charge in [0, 0.05) is 15.8 Å². The molecular weight excluding hydrogens is 466 g/mol. The van der Waals surface area contributed by atoms with Gasteiger partial charge in [0.15, 0.2) is 6.61 Å². The first kappa shape index (κ1) is 24.2. The number of anilines is 1. The fourth-order valence-corrected chi connectivity index (χ4v) is 4.33. The van der Waals surface area contributed by atoms with E-state index in [1.165, 1.54) is 11.3 Å². The maximum atomic E-state index is 12.3. The summed E-state index contributed by atoms with van der Waals surface area (Å²) in [5.41, 5.74) is 2.63. The van der Waals surface area contributed by atoms with Crippen molar-refractivity contribution in [3.63, 3.8) is 0 Å². The number of esters is 1. The molecule has 0 aliphatic heterocycles. The SMILES string of the molecule is Cc1cccc(NC(=O)CNC(=O)COC(=O)CNC(=O)c2sc3ccccc3c2Cl)c1C. The highest BCUT2D eigenvalue weighted by Crippen LogP contribution is 2.34. The number of benzene rings is 2. The molecule has 0 aliphatic carbocycles. The highest BCUT2D eigenvalue weighted by atomic mass is 35.5. The molecule has 1 aromatic heterocycles. The fraction of sp³-hybridized carbons (Fsp3) is 0.217. The van der Waals surface area contributed by atoms with E-state index in [1.54, 1.807) is 12.1 Å². The molecule has 3 aromatic rings. The Morgan fingerprint density at radius 1 is 0.939 bits per heavy atom. The van der Waals surface area contributed by atoms with Gasteiger partial charge >= 0.3 is 5.97 Å². The number of hydrogen-bond acceptors (Lipinski definition) is 6. The average Bonchev–Trinajstić information content (AvgIpc) is 3.14. The molecule has 0 atom stereocenters. The monoisotopic (exact) mass is 487 g/mol. The number of thiophene rings is 1. The molecule has 0 unspecified atom stereocenters. The van der Waals surface area contributed by atoms with Crippen molar-refractivity contribution in [2.45, 2.75) is 13.8 Å². The first-order valence-corrected chi connectivity index (χ1v) is 11.2. The van der Waals surface area contributed by atoms with Crippen molar-refractivity contribution >= 4 is 62.4 Å². The van der Waals surface area contributed by atoms with Gasteiger partial charge in [0.2, 0.25) is 5.91 Å². The molecule has 0 bridgehead atoms. The molecule has 0 radical (unpaired) electrons. The number of carbonyl (C=O) groups is 4. The van der Waals surface area contributed by atoms with Crippen LogP contribution in [0.1, 0.15) is 20.8 Å². The summed E-state index contributed by atoms with van der Waals surface area (Å²) in [4.78, 5) is 48.4. The second-order valence-electron chi connectivity index (χ2n) is 7.16. The summed E-state index contributed by atoms with van der Waals surface area (Å²) in [6.45, 7) is 2.54. The van der Waals surface area contributed by atoms with Crippen LogP contribution in [0.4, 0.5) is 5.69 Å². The maximum Gasteiger partial charge on any atom is 0.325 e. The topological polar surface area (TPSA) is 114 Å². The van der Waals surface area contributed by atoms with Gasteiger partial charge in [-0.15, -0.1) is 11.3 Å². The lowest BCUT2D eigenvalue weighted by molar-refractivity contribution is -0.147. The Bertz CT molecular complexity index is 1220. The van der Waals surface area contributed by atoms with Crippen LogP contribution in [0.2, 0.25) is 5.02 Å². The van der Waals surface area contributed by atoms with Crippen molar-refractivity contribution in [3.8, 4) is 0 Å². The number of amides is 3. The third-order valence-corrected chi connectivity index (χ3v) is 6.50. The Kier molecular flexibility index (Phi) is 8.02. The Balaban J connectivity index is 1.39. The number of carbonyl (C=O) groups excluding carboxylic acids is 4. The molecule has 10 heteroatoms. The van der Waals surface area contributed by atoms with Crippen molar-refractivity contribution in [3.05, 3.63) is 63.5 Å². The van der Waals surface area contributed by atoms with Gasteiger partial charge in [-0.1, -0.05) is 41.9 Å². The number of rotatable bonds is 8. The van der Waals surface area contributed by atoms with Gasteiger partial charge in [0.1, 0.15) is 11.4 Å². The molecule has 0 saturated carbocycles. The van der Waals surface area contributed by atoms with Crippen LogP contribution >= 0.6 is 22.9 Å². The van der Waals surface area contributed by atoms with Crippen LogP contribution in [0.15, 0.2) is 42.5 Å². The van der Waals surface area contributed by atoms with Crippen molar-refractivity contribution in [2.75, 3.05) is 25.0 Å². The number of hydrogen-bond donors (Lipinski definition) is 3. The number of fused-ring (bicyclic) bond motifs is 1. The Morgan fingerprint density at radius 2 is 1.70 bits per heavy atom. The first-order chi connectivity index (χ1) is 15.8. The molecule has 3 amide bonds. The molecule has 3 rings (SSSR count). The summed E-state index contributed by atoms with van der Waals surface area (Å²) in [6, 6.07) is 12.8. The molecule has 0 saturated heterocycles. The van der Waals surface area contributed by atoms with Gasteiger partial charge in [0.25, 0.3) is 11.8 Å². The van der Waals surface area contributed by atoms with Crippen LogP contribution in [-0.2, 0) is 19.1 Å². The lowest BCUT2D eigenvalue weighted by Gasteiger charge is -2.11.